The molecule has 1 aromatic carbocycles. The Morgan fingerprint density at radius 1 is 1.33 bits per heavy atom. The lowest BCUT2D eigenvalue weighted by Crippen LogP contribution is -2.02. The summed E-state index contributed by atoms with van der Waals surface area (Å²) in [5.41, 5.74) is 1.09. The second kappa shape index (κ2) is 8.93. The van der Waals surface area contributed by atoms with Crippen molar-refractivity contribution < 1.29 is 9.53 Å². The minimum atomic E-state index is -0.216. The van der Waals surface area contributed by atoms with Crippen molar-refractivity contribution in [3.8, 4) is 0 Å². The molecule has 0 aliphatic rings. The van der Waals surface area contributed by atoms with Gasteiger partial charge in [-0.2, -0.15) is 0 Å². The van der Waals surface area contributed by atoms with E-state index in [0.29, 0.717) is 6.42 Å². The molecule has 1 rings (SSSR count). The second-order valence-corrected chi connectivity index (χ2v) is 2.59. The van der Waals surface area contributed by atoms with Crippen molar-refractivity contribution in [2.24, 2.45) is 11.7 Å². The van der Waals surface area contributed by atoms with Crippen LogP contribution in [0.3, 0.4) is 0 Å². The van der Waals surface area contributed by atoms with Crippen molar-refractivity contribution in [2.45, 2.75) is 6.42 Å². The third-order valence-corrected chi connectivity index (χ3v) is 1.62. The first-order valence-electron chi connectivity index (χ1n) is 4.44. The Balaban J connectivity index is 0.000000921. The number of hydrazine groups is 1. The summed E-state index contributed by atoms with van der Waals surface area (Å²) in [5, 5.41) is 0. The molecular formula is C11H16N2O2. The quantitative estimate of drug-likeness (QED) is 0.442. The van der Waals surface area contributed by atoms with Gasteiger partial charge in [0.05, 0.1) is 13.5 Å². The molecule has 0 amide bonds. The third-order valence-electron chi connectivity index (χ3n) is 1.62. The van der Waals surface area contributed by atoms with Crippen LogP contribution in [0.1, 0.15) is 12.0 Å². The topological polar surface area (TPSA) is 78.3 Å². The Labute approximate surface area is 89.5 Å². The standard InChI is InChI=1S/C11H12O2.H4N2/c1-13-11(12)9-5-8-10-6-3-2-4-7-10;1-2/h2-8H,9H2,1H3;1-2H2. The van der Waals surface area contributed by atoms with Gasteiger partial charge in [0.15, 0.2) is 0 Å². The lowest BCUT2D eigenvalue weighted by atomic mass is 10.2. The molecule has 15 heavy (non-hydrogen) atoms. The number of methoxy groups -OCH3 is 1. The maximum Gasteiger partial charge on any atom is 0.309 e. The van der Waals surface area contributed by atoms with E-state index in [4.69, 9.17) is 0 Å². The van der Waals surface area contributed by atoms with Gasteiger partial charge in [-0.25, -0.2) is 0 Å². The first-order chi connectivity index (χ1) is 7.33. The highest BCUT2D eigenvalue weighted by Gasteiger charge is 1.93. The zero-order valence-corrected chi connectivity index (χ0v) is 8.72. The summed E-state index contributed by atoms with van der Waals surface area (Å²) in [6.07, 6.45) is 4.02. The van der Waals surface area contributed by atoms with Crippen molar-refractivity contribution in [3.05, 3.63) is 42.0 Å². The zero-order chi connectivity index (χ0) is 11.5. The summed E-state index contributed by atoms with van der Waals surface area (Å²) in [7, 11) is 1.39. The average Bonchev–Trinajstić information content (AvgIpc) is 2.33. The molecule has 4 N–H and O–H groups in total. The molecule has 0 aromatic heterocycles. The number of hydrogen-bond acceptors (Lipinski definition) is 4. The summed E-state index contributed by atoms with van der Waals surface area (Å²) in [4.78, 5) is 10.7. The average molecular weight is 208 g/mol. The summed E-state index contributed by atoms with van der Waals surface area (Å²) in [6.45, 7) is 0. The van der Waals surface area contributed by atoms with E-state index in [2.05, 4.69) is 16.4 Å². The highest BCUT2D eigenvalue weighted by molar-refractivity contribution is 5.72. The van der Waals surface area contributed by atoms with Crippen LogP contribution in [0.2, 0.25) is 0 Å². The van der Waals surface area contributed by atoms with Crippen LogP contribution in [-0.2, 0) is 9.53 Å². The van der Waals surface area contributed by atoms with E-state index in [0.717, 1.165) is 5.56 Å². The molecule has 0 atom stereocenters. The minimum absolute atomic E-state index is 0.216. The molecule has 0 bridgehead atoms. The maximum atomic E-state index is 10.7. The van der Waals surface area contributed by atoms with Gasteiger partial charge in [0, 0.05) is 0 Å². The first kappa shape index (κ1) is 13.4. The number of ether oxygens (including phenoxy) is 1. The van der Waals surface area contributed by atoms with E-state index in [1.165, 1.54) is 7.11 Å². The molecule has 0 aliphatic heterocycles. The zero-order valence-electron chi connectivity index (χ0n) is 8.72. The van der Waals surface area contributed by atoms with Crippen LogP contribution >= 0.6 is 0 Å². The number of carbonyl (C=O) groups excluding carboxylic acids is 1. The van der Waals surface area contributed by atoms with E-state index in [1.807, 2.05) is 36.4 Å². The van der Waals surface area contributed by atoms with E-state index in [9.17, 15) is 4.79 Å². The van der Waals surface area contributed by atoms with Crippen LogP contribution in [0.15, 0.2) is 36.4 Å². The van der Waals surface area contributed by atoms with Crippen molar-refractivity contribution in [2.75, 3.05) is 7.11 Å². The Hall–Kier alpha value is -1.65. The van der Waals surface area contributed by atoms with E-state index in [-0.39, 0.29) is 5.97 Å². The van der Waals surface area contributed by atoms with E-state index in [1.54, 1.807) is 6.08 Å². The largest absolute Gasteiger partial charge is 0.469 e. The molecule has 4 heteroatoms. The van der Waals surface area contributed by atoms with Crippen molar-refractivity contribution in [1.82, 2.24) is 0 Å². The molecule has 0 unspecified atom stereocenters. The maximum absolute atomic E-state index is 10.7. The van der Waals surface area contributed by atoms with Gasteiger partial charge in [0.25, 0.3) is 0 Å². The van der Waals surface area contributed by atoms with Crippen LogP contribution in [0.4, 0.5) is 0 Å². The third kappa shape index (κ3) is 6.42. The van der Waals surface area contributed by atoms with Crippen LogP contribution in [0, 0.1) is 0 Å². The van der Waals surface area contributed by atoms with Crippen molar-refractivity contribution in [1.29, 1.82) is 0 Å². The molecule has 4 nitrogen and oxygen atoms in total. The predicted molar refractivity (Wildman–Crippen MR) is 60.5 cm³/mol. The Morgan fingerprint density at radius 3 is 2.47 bits per heavy atom. The van der Waals surface area contributed by atoms with Crippen molar-refractivity contribution in [3.63, 3.8) is 0 Å². The molecule has 0 radical (unpaired) electrons. The van der Waals surface area contributed by atoms with Gasteiger partial charge in [-0.15, -0.1) is 0 Å². The van der Waals surface area contributed by atoms with Gasteiger partial charge in [-0.3, -0.25) is 16.5 Å². The summed E-state index contributed by atoms with van der Waals surface area (Å²) < 4.78 is 4.50. The molecule has 0 fully saturated rings. The Bertz CT molecular complexity index is 297. The van der Waals surface area contributed by atoms with Gasteiger partial charge in [0.1, 0.15) is 0 Å². The van der Waals surface area contributed by atoms with Crippen LogP contribution in [0.25, 0.3) is 6.08 Å². The SMILES string of the molecule is COC(=O)CC=Cc1ccccc1.NN. The van der Waals surface area contributed by atoms with E-state index >= 15 is 0 Å². The summed E-state index contributed by atoms with van der Waals surface area (Å²) >= 11 is 0. The fourth-order valence-corrected chi connectivity index (χ4v) is 0.939. The fourth-order valence-electron chi connectivity index (χ4n) is 0.939. The summed E-state index contributed by atoms with van der Waals surface area (Å²) in [6, 6.07) is 9.83. The van der Waals surface area contributed by atoms with Gasteiger partial charge in [0.2, 0.25) is 0 Å². The fraction of sp³-hybridized carbons (Fsp3) is 0.182. The number of carbonyl (C=O) groups is 1. The molecule has 0 saturated heterocycles. The van der Waals surface area contributed by atoms with Crippen LogP contribution in [-0.4, -0.2) is 13.1 Å². The monoisotopic (exact) mass is 208 g/mol. The lowest BCUT2D eigenvalue weighted by Gasteiger charge is -1.92. The highest BCUT2D eigenvalue weighted by Crippen LogP contribution is 2.01. The number of esters is 1. The summed E-state index contributed by atoms with van der Waals surface area (Å²) in [5.74, 6) is 7.78. The molecule has 0 saturated carbocycles. The van der Waals surface area contributed by atoms with Crippen LogP contribution in [0.5, 0.6) is 0 Å². The first-order valence-corrected chi connectivity index (χ1v) is 4.44. The number of nitrogens with two attached hydrogens (primary N) is 2. The molecular weight excluding hydrogens is 192 g/mol. The molecule has 1 aromatic rings. The Morgan fingerprint density at radius 2 is 1.93 bits per heavy atom. The number of hydrogen-bond donors (Lipinski definition) is 2. The van der Waals surface area contributed by atoms with Gasteiger partial charge < -0.3 is 4.74 Å². The number of rotatable bonds is 3. The Kier molecular flexibility index (Phi) is 7.94. The van der Waals surface area contributed by atoms with Gasteiger partial charge >= 0.3 is 5.97 Å². The van der Waals surface area contributed by atoms with Crippen LogP contribution < -0.4 is 11.7 Å². The van der Waals surface area contributed by atoms with E-state index < -0.39 is 0 Å². The van der Waals surface area contributed by atoms with Gasteiger partial charge in [-0.1, -0.05) is 42.5 Å². The second-order valence-electron chi connectivity index (χ2n) is 2.59. The molecule has 0 aliphatic carbocycles. The highest BCUT2D eigenvalue weighted by atomic mass is 16.5. The predicted octanol–water partition coefficient (Wildman–Crippen LogP) is 1.08. The number of benzene rings is 1. The molecule has 82 valence electrons. The molecule has 0 heterocycles. The lowest BCUT2D eigenvalue weighted by molar-refractivity contribution is -0.139. The smallest absolute Gasteiger partial charge is 0.309 e. The van der Waals surface area contributed by atoms with Crippen molar-refractivity contribution >= 4 is 12.0 Å². The normalized spacial score (nSPS) is 9.27. The molecule has 0 spiro atoms. The minimum Gasteiger partial charge on any atom is -0.469 e. The van der Waals surface area contributed by atoms with Gasteiger partial charge in [-0.05, 0) is 5.56 Å².